The summed E-state index contributed by atoms with van der Waals surface area (Å²) in [6.07, 6.45) is 4.10. The Kier molecular flexibility index (Phi) is 6.20. The zero-order valence-corrected chi connectivity index (χ0v) is 16.7. The Morgan fingerprint density at radius 3 is 2.59 bits per heavy atom. The van der Waals surface area contributed by atoms with Gasteiger partial charge in [0.25, 0.3) is 5.91 Å². The van der Waals surface area contributed by atoms with Crippen LogP contribution in [0.4, 0.5) is 0 Å². The van der Waals surface area contributed by atoms with Crippen molar-refractivity contribution in [3.63, 3.8) is 0 Å². The van der Waals surface area contributed by atoms with E-state index in [1.165, 1.54) is 5.01 Å². The number of aliphatic hydroxyl groups is 1. The molecule has 3 rings (SSSR count). The highest BCUT2D eigenvalue weighted by atomic mass is 35.5. The number of hydrogen-bond acceptors (Lipinski definition) is 3. The summed E-state index contributed by atoms with van der Waals surface area (Å²) >= 11 is 12.4. The Hall–Kier alpha value is -1.88. The SMILES string of the molecule is CCCCCC1=NN(C(=O)c2ccccc2)C(O)(c2ccc(Cl)cc2Cl)C1. The van der Waals surface area contributed by atoms with E-state index in [-0.39, 0.29) is 12.3 Å². The van der Waals surface area contributed by atoms with Gasteiger partial charge >= 0.3 is 0 Å². The van der Waals surface area contributed by atoms with Crippen molar-refractivity contribution in [3.8, 4) is 0 Å². The molecule has 1 heterocycles. The van der Waals surface area contributed by atoms with Crippen LogP contribution in [0.2, 0.25) is 10.0 Å². The summed E-state index contributed by atoms with van der Waals surface area (Å²) in [5, 5.41) is 17.9. The van der Waals surface area contributed by atoms with E-state index in [1.54, 1.807) is 42.5 Å². The van der Waals surface area contributed by atoms with E-state index in [2.05, 4.69) is 12.0 Å². The van der Waals surface area contributed by atoms with Gasteiger partial charge in [0.05, 0.1) is 5.02 Å². The number of benzene rings is 2. The molecule has 0 aliphatic carbocycles. The minimum atomic E-state index is -1.63. The molecule has 142 valence electrons. The first-order chi connectivity index (χ1) is 13.0. The molecule has 0 aromatic heterocycles. The van der Waals surface area contributed by atoms with E-state index in [0.29, 0.717) is 21.2 Å². The summed E-state index contributed by atoms with van der Waals surface area (Å²) in [5.74, 6) is -0.366. The number of carbonyl (C=O) groups excluding carboxylic acids is 1. The maximum absolute atomic E-state index is 13.1. The third-order valence-electron chi connectivity index (χ3n) is 4.69. The molecule has 0 spiro atoms. The average molecular weight is 405 g/mol. The van der Waals surface area contributed by atoms with Crippen molar-refractivity contribution in [2.75, 3.05) is 0 Å². The quantitative estimate of drug-likeness (QED) is 0.634. The first-order valence-corrected chi connectivity index (χ1v) is 9.85. The largest absolute Gasteiger partial charge is 0.365 e. The average Bonchev–Trinajstić information content (AvgIpc) is 2.99. The van der Waals surface area contributed by atoms with Crippen LogP contribution < -0.4 is 0 Å². The van der Waals surface area contributed by atoms with Crippen molar-refractivity contribution >= 4 is 34.8 Å². The van der Waals surface area contributed by atoms with Gasteiger partial charge in [-0.25, -0.2) is 0 Å². The second-order valence-electron chi connectivity index (χ2n) is 6.72. The number of hydrogen-bond donors (Lipinski definition) is 1. The van der Waals surface area contributed by atoms with Crippen molar-refractivity contribution in [2.45, 2.75) is 44.8 Å². The molecule has 4 nitrogen and oxygen atoms in total. The molecule has 2 aromatic rings. The van der Waals surface area contributed by atoms with Gasteiger partial charge in [-0.05, 0) is 37.1 Å². The molecule has 1 atom stereocenters. The molecule has 0 saturated carbocycles. The Balaban J connectivity index is 1.98. The second kappa shape index (κ2) is 8.42. The van der Waals surface area contributed by atoms with Crippen molar-refractivity contribution in [1.82, 2.24) is 5.01 Å². The van der Waals surface area contributed by atoms with E-state index >= 15 is 0 Å². The predicted molar refractivity (Wildman–Crippen MR) is 109 cm³/mol. The number of halogens is 2. The van der Waals surface area contributed by atoms with Gasteiger partial charge in [-0.1, -0.05) is 67.2 Å². The van der Waals surface area contributed by atoms with Gasteiger partial charge in [0.1, 0.15) is 0 Å². The van der Waals surface area contributed by atoms with Crippen LogP contribution in [0.3, 0.4) is 0 Å². The molecule has 1 aliphatic heterocycles. The van der Waals surface area contributed by atoms with Crippen LogP contribution in [0, 0.1) is 0 Å². The van der Waals surface area contributed by atoms with E-state index in [0.717, 1.165) is 31.4 Å². The number of carbonyl (C=O) groups is 1. The summed E-state index contributed by atoms with van der Waals surface area (Å²) in [6.45, 7) is 2.13. The Morgan fingerprint density at radius 1 is 1.19 bits per heavy atom. The van der Waals surface area contributed by atoms with E-state index in [9.17, 15) is 9.90 Å². The third-order valence-corrected chi connectivity index (χ3v) is 5.23. The molecule has 0 fully saturated rings. The van der Waals surface area contributed by atoms with Gasteiger partial charge in [0.15, 0.2) is 5.72 Å². The van der Waals surface area contributed by atoms with Crippen LogP contribution in [0.25, 0.3) is 0 Å². The Bertz CT molecular complexity index is 855. The third kappa shape index (κ3) is 4.18. The summed E-state index contributed by atoms with van der Waals surface area (Å²) in [7, 11) is 0. The fourth-order valence-electron chi connectivity index (χ4n) is 3.28. The topological polar surface area (TPSA) is 52.9 Å². The van der Waals surface area contributed by atoms with Gasteiger partial charge in [-0.3, -0.25) is 4.79 Å². The number of unbranched alkanes of at least 4 members (excludes halogenated alkanes) is 2. The van der Waals surface area contributed by atoms with Crippen molar-refractivity contribution < 1.29 is 9.90 Å². The highest BCUT2D eigenvalue weighted by molar-refractivity contribution is 6.35. The summed E-state index contributed by atoms with van der Waals surface area (Å²) in [5.41, 5.74) is 0.0452. The highest BCUT2D eigenvalue weighted by Gasteiger charge is 2.47. The first kappa shape index (κ1) is 19.9. The van der Waals surface area contributed by atoms with Crippen molar-refractivity contribution in [2.24, 2.45) is 5.10 Å². The van der Waals surface area contributed by atoms with Crippen LogP contribution in [0.15, 0.2) is 53.6 Å². The molecular formula is C21H22Cl2N2O2. The van der Waals surface area contributed by atoms with Crippen LogP contribution in [0.5, 0.6) is 0 Å². The number of amides is 1. The maximum Gasteiger partial charge on any atom is 0.276 e. The van der Waals surface area contributed by atoms with Crippen LogP contribution in [-0.4, -0.2) is 21.7 Å². The van der Waals surface area contributed by atoms with E-state index in [1.807, 2.05) is 6.07 Å². The van der Waals surface area contributed by atoms with Gasteiger partial charge in [-0.2, -0.15) is 10.1 Å². The Labute approximate surface area is 169 Å². The molecule has 1 aliphatic rings. The smallest absolute Gasteiger partial charge is 0.276 e. The fraction of sp³-hybridized carbons (Fsp3) is 0.333. The summed E-state index contributed by atoms with van der Waals surface area (Å²) in [4.78, 5) is 13.1. The first-order valence-electron chi connectivity index (χ1n) is 9.09. The number of nitrogens with zero attached hydrogens (tertiary/aromatic N) is 2. The number of rotatable bonds is 6. The van der Waals surface area contributed by atoms with E-state index in [4.69, 9.17) is 23.2 Å². The molecule has 1 amide bonds. The molecule has 0 radical (unpaired) electrons. The number of hydrazone groups is 1. The van der Waals surface area contributed by atoms with Crippen LogP contribution in [-0.2, 0) is 5.72 Å². The highest BCUT2D eigenvalue weighted by Crippen LogP contribution is 2.41. The normalized spacial score (nSPS) is 19.3. The van der Waals surface area contributed by atoms with Gasteiger partial charge in [-0.15, -0.1) is 0 Å². The van der Waals surface area contributed by atoms with Crippen molar-refractivity contribution in [3.05, 3.63) is 69.7 Å². The molecular weight excluding hydrogens is 383 g/mol. The lowest BCUT2D eigenvalue weighted by Crippen LogP contribution is -2.43. The van der Waals surface area contributed by atoms with Gasteiger partial charge < -0.3 is 5.11 Å². The summed E-state index contributed by atoms with van der Waals surface area (Å²) < 4.78 is 0. The van der Waals surface area contributed by atoms with E-state index < -0.39 is 5.72 Å². The molecule has 1 unspecified atom stereocenters. The molecule has 27 heavy (non-hydrogen) atoms. The summed E-state index contributed by atoms with van der Waals surface area (Å²) in [6, 6.07) is 13.7. The van der Waals surface area contributed by atoms with Gasteiger partial charge in [0, 0.05) is 28.3 Å². The molecule has 0 bridgehead atoms. The van der Waals surface area contributed by atoms with Crippen molar-refractivity contribution in [1.29, 1.82) is 0 Å². The Morgan fingerprint density at radius 2 is 1.93 bits per heavy atom. The minimum absolute atomic E-state index is 0.233. The monoisotopic (exact) mass is 404 g/mol. The predicted octanol–water partition coefficient (Wildman–Crippen LogP) is 5.62. The maximum atomic E-state index is 13.1. The van der Waals surface area contributed by atoms with Crippen LogP contribution in [0.1, 0.15) is 54.9 Å². The zero-order chi connectivity index (χ0) is 19.4. The van der Waals surface area contributed by atoms with Gasteiger partial charge in [0.2, 0.25) is 0 Å². The van der Waals surface area contributed by atoms with Crippen LogP contribution >= 0.6 is 23.2 Å². The zero-order valence-electron chi connectivity index (χ0n) is 15.2. The lowest BCUT2D eigenvalue weighted by Gasteiger charge is -2.32. The molecule has 2 aromatic carbocycles. The lowest BCUT2D eigenvalue weighted by atomic mass is 9.95. The second-order valence-corrected chi connectivity index (χ2v) is 7.57. The molecule has 1 N–H and O–H groups in total. The molecule has 0 saturated heterocycles. The minimum Gasteiger partial charge on any atom is -0.365 e. The standard InChI is InChI=1S/C21H22Cl2N2O2/c1-2-3-5-10-17-14-21(27,18-12-11-16(22)13-19(18)23)25(24-17)20(26)15-8-6-4-7-9-15/h4,6-9,11-13,27H,2-3,5,10,14H2,1H3. The fourth-order valence-corrected chi connectivity index (χ4v) is 3.84. The molecule has 6 heteroatoms. The lowest BCUT2D eigenvalue weighted by molar-refractivity contribution is -0.0764.